The average Bonchev–Trinajstić information content (AvgIpc) is 2.63. The molecule has 1 saturated carbocycles. The summed E-state index contributed by atoms with van der Waals surface area (Å²) in [6.07, 6.45) is 2.02. The van der Waals surface area contributed by atoms with Gasteiger partial charge in [0.2, 0.25) is 0 Å². The van der Waals surface area contributed by atoms with Gasteiger partial charge in [-0.3, -0.25) is 10.1 Å². The fraction of sp³-hybridized carbons (Fsp3) is 0.875. The SMILES string of the molecule is CC1(C)CCC(C)(C)C1(N[C@H](C=O)CC(=O)O)OCC(N)CO. The molecule has 0 spiro atoms. The first-order valence-electron chi connectivity index (χ1n) is 7.96. The lowest BCUT2D eigenvalue weighted by molar-refractivity contribution is -0.191. The molecule has 0 aromatic heterocycles. The summed E-state index contributed by atoms with van der Waals surface area (Å²) in [5.41, 5.74) is 4.20. The van der Waals surface area contributed by atoms with Gasteiger partial charge < -0.3 is 25.5 Å². The quantitative estimate of drug-likeness (QED) is 0.358. The second-order valence-corrected chi connectivity index (χ2v) is 7.69. The highest BCUT2D eigenvalue weighted by Crippen LogP contribution is 2.57. The minimum Gasteiger partial charge on any atom is -0.481 e. The highest BCUT2D eigenvalue weighted by atomic mass is 16.5. The molecule has 1 unspecified atom stereocenters. The summed E-state index contributed by atoms with van der Waals surface area (Å²) in [7, 11) is 0. The molecule has 5 N–H and O–H groups in total. The van der Waals surface area contributed by atoms with Gasteiger partial charge in [-0.25, -0.2) is 0 Å². The van der Waals surface area contributed by atoms with Crippen molar-refractivity contribution in [2.75, 3.05) is 13.2 Å². The van der Waals surface area contributed by atoms with Crippen molar-refractivity contribution in [1.29, 1.82) is 0 Å². The number of aliphatic hydroxyl groups excluding tert-OH is 1. The van der Waals surface area contributed by atoms with Crippen LogP contribution < -0.4 is 11.1 Å². The Labute approximate surface area is 137 Å². The molecule has 0 aromatic rings. The molecule has 2 atom stereocenters. The highest BCUT2D eigenvalue weighted by molar-refractivity contribution is 5.73. The number of ether oxygens (including phenoxy) is 1. The summed E-state index contributed by atoms with van der Waals surface area (Å²) in [6.45, 7) is 8.03. The molecule has 7 heteroatoms. The number of carbonyl (C=O) groups excluding carboxylic acids is 1. The maximum atomic E-state index is 11.3. The fourth-order valence-corrected chi connectivity index (χ4v) is 3.58. The summed E-state index contributed by atoms with van der Waals surface area (Å²) in [4.78, 5) is 22.3. The van der Waals surface area contributed by atoms with Crippen molar-refractivity contribution in [3.8, 4) is 0 Å². The summed E-state index contributed by atoms with van der Waals surface area (Å²) < 4.78 is 6.14. The van der Waals surface area contributed by atoms with Crippen LogP contribution in [0.2, 0.25) is 0 Å². The fourth-order valence-electron chi connectivity index (χ4n) is 3.58. The van der Waals surface area contributed by atoms with Gasteiger partial charge in [0.1, 0.15) is 12.0 Å². The third-order valence-electron chi connectivity index (χ3n) is 4.98. The van der Waals surface area contributed by atoms with Crippen LogP contribution in [0.1, 0.15) is 47.0 Å². The molecule has 0 bridgehead atoms. The molecule has 7 nitrogen and oxygen atoms in total. The Morgan fingerprint density at radius 2 is 1.83 bits per heavy atom. The monoisotopic (exact) mass is 330 g/mol. The van der Waals surface area contributed by atoms with Crippen LogP contribution in [0.15, 0.2) is 0 Å². The van der Waals surface area contributed by atoms with Crippen LogP contribution in [-0.4, -0.2) is 53.5 Å². The van der Waals surface area contributed by atoms with E-state index in [1.54, 1.807) is 0 Å². The number of hydrogen-bond acceptors (Lipinski definition) is 6. The summed E-state index contributed by atoms with van der Waals surface area (Å²) in [5, 5.41) is 21.3. The van der Waals surface area contributed by atoms with Gasteiger partial charge in [-0.2, -0.15) is 0 Å². The Kier molecular flexibility index (Phi) is 6.32. The number of carbonyl (C=O) groups is 2. The van der Waals surface area contributed by atoms with Crippen LogP contribution in [0.4, 0.5) is 0 Å². The van der Waals surface area contributed by atoms with Crippen LogP contribution in [-0.2, 0) is 14.3 Å². The molecule has 0 radical (unpaired) electrons. The van der Waals surface area contributed by atoms with E-state index in [4.69, 9.17) is 20.7 Å². The van der Waals surface area contributed by atoms with Crippen molar-refractivity contribution in [3.05, 3.63) is 0 Å². The highest BCUT2D eigenvalue weighted by Gasteiger charge is 2.61. The molecule has 134 valence electrons. The van der Waals surface area contributed by atoms with Gasteiger partial charge in [-0.1, -0.05) is 27.7 Å². The topological polar surface area (TPSA) is 122 Å². The van der Waals surface area contributed by atoms with Gasteiger partial charge in [0.05, 0.1) is 31.7 Å². The molecule has 1 aliphatic rings. The predicted molar refractivity (Wildman–Crippen MR) is 85.8 cm³/mol. The number of rotatable bonds is 9. The number of carboxylic acid groups (broad SMARTS) is 1. The van der Waals surface area contributed by atoms with Crippen molar-refractivity contribution >= 4 is 12.3 Å². The van der Waals surface area contributed by atoms with E-state index in [1.807, 2.05) is 27.7 Å². The number of carboxylic acids is 1. The first-order valence-corrected chi connectivity index (χ1v) is 7.96. The number of nitrogens with two attached hydrogens (primary N) is 1. The molecular weight excluding hydrogens is 300 g/mol. The van der Waals surface area contributed by atoms with Crippen molar-refractivity contribution in [3.63, 3.8) is 0 Å². The third kappa shape index (κ3) is 4.09. The maximum Gasteiger partial charge on any atom is 0.305 e. The van der Waals surface area contributed by atoms with E-state index >= 15 is 0 Å². The van der Waals surface area contributed by atoms with Crippen LogP contribution in [0.25, 0.3) is 0 Å². The van der Waals surface area contributed by atoms with Crippen molar-refractivity contribution in [1.82, 2.24) is 5.32 Å². The zero-order valence-corrected chi connectivity index (χ0v) is 14.5. The summed E-state index contributed by atoms with van der Waals surface area (Å²) in [5.74, 6) is -1.05. The smallest absolute Gasteiger partial charge is 0.305 e. The Morgan fingerprint density at radius 1 is 1.30 bits per heavy atom. The number of aldehydes is 1. The van der Waals surface area contributed by atoms with Crippen LogP contribution in [0, 0.1) is 10.8 Å². The molecule has 0 heterocycles. The molecule has 0 aliphatic heterocycles. The average molecular weight is 330 g/mol. The van der Waals surface area contributed by atoms with E-state index < -0.39 is 23.8 Å². The predicted octanol–water partition coefficient (Wildman–Crippen LogP) is 0.497. The van der Waals surface area contributed by atoms with E-state index in [9.17, 15) is 9.59 Å². The van der Waals surface area contributed by atoms with E-state index in [0.717, 1.165) is 12.8 Å². The molecular formula is C16H30N2O5. The zero-order chi connectivity index (χ0) is 17.9. The van der Waals surface area contributed by atoms with Crippen LogP contribution >= 0.6 is 0 Å². The van der Waals surface area contributed by atoms with E-state index in [1.165, 1.54) is 0 Å². The number of nitrogens with one attached hydrogen (secondary N) is 1. The molecule has 1 aliphatic carbocycles. The second kappa shape index (κ2) is 7.25. The second-order valence-electron chi connectivity index (χ2n) is 7.69. The summed E-state index contributed by atoms with van der Waals surface area (Å²) >= 11 is 0. The minimum absolute atomic E-state index is 0.120. The lowest BCUT2D eigenvalue weighted by Gasteiger charge is -2.51. The largest absolute Gasteiger partial charge is 0.481 e. The van der Waals surface area contributed by atoms with E-state index in [2.05, 4.69) is 5.32 Å². The normalized spacial score (nSPS) is 24.1. The first kappa shape index (κ1) is 20.0. The minimum atomic E-state index is -1.05. The Bertz CT molecular complexity index is 420. The molecule has 0 saturated heterocycles. The third-order valence-corrected chi connectivity index (χ3v) is 4.98. The van der Waals surface area contributed by atoms with Gasteiger partial charge in [0, 0.05) is 10.8 Å². The van der Waals surface area contributed by atoms with Gasteiger partial charge in [0.15, 0.2) is 0 Å². The lowest BCUT2D eigenvalue weighted by atomic mass is 9.73. The molecule has 0 amide bonds. The Morgan fingerprint density at radius 3 is 2.22 bits per heavy atom. The summed E-state index contributed by atoms with van der Waals surface area (Å²) in [6, 6.07) is -1.38. The van der Waals surface area contributed by atoms with Gasteiger partial charge in [-0.15, -0.1) is 0 Å². The molecule has 23 heavy (non-hydrogen) atoms. The molecule has 0 aromatic carbocycles. The van der Waals surface area contributed by atoms with Crippen molar-refractivity contribution in [2.24, 2.45) is 16.6 Å². The first-order chi connectivity index (χ1) is 10.5. The molecule has 1 fully saturated rings. The lowest BCUT2D eigenvalue weighted by Crippen LogP contribution is -2.66. The number of aliphatic hydroxyl groups is 1. The van der Waals surface area contributed by atoms with Gasteiger partial charge >= 0.3 is 5.97 Å². The Balaban J connectivity index is 3.14. The van der Waals surface area contributed by atoms with Crippen LogP contribution in [0.5, 0.6) is 0 Å². The van der Waals surface area contributed by atoms with Crippen molar-refractivity contribution in [2.45, 2.75) is 64.8 Å². The standard InChI is InChI=1S/C16H30N2O5/c1-14(2)5-6-15(3,4)16(14,23-10-11(17)8-19)18-12(9-20)7-13(21)22/h9,11-12,18-19H,5-8,10,17H2,1-4H3,(H,21,22)/t11?,12-/m0/s1. The van der Waals surface area contributed by atoms with Gasteiger partial charge in [-0.05, 0) is 12.8 Å². The van der Waals surface area contributed by atoms with E-state index in [-0.39, 0.29) is 30.5 Å². The number of hydrogen-bond donors (Lipinski definition) is 4. The van der Waals surface area contributed by atoms with E-state index in [0.29, 0.717) is 6.29 Å². The van der Waals surface area contributed by atoms with Crippen LogP contribution in [0.3, 0.4) is 0 Å². The Hall–Kier alpha value is -1.02. The van der Waals surface area contributed by atoms with Gasteiger partial charge in [0.25, 0.3) is 0 Å². The maximum absolute atomic E-state index is 11.3. The number of aliphatic carboxylic acids is 1. The molecule has 1 rings (SSSR count). The van der Waals surface area contributed by atoms with Crippen molar-refractivity contribution < 1.29 is 24.5 Å². The zero-order valence-electron chi connectivity index (χ0n) is 14.5.